The maximum absolute atomic E-state index is 4.59. The second-order valence-corrected chi connectivity index (χ2v) is 9.57. The summed E-state index contributed by atoms with van der Waals surface area (Å²) in [5, 5.41) is 0. The van der Waals surface area contributed by atoms with Gasteiger partial charge in [-0.1, -0.05) is 64.3 Å². The van der Waals surface area contributed by atoms with E-state index in [1.165, 1.54) is 38.5 Å². The molecule has 0 amide bonds. The highest BCUT2D eigenvalue weighted by molar-refractivity contribution is 5.32. The summed E-state index contributed by atoms with van der Waals surface area (Å²) in [6.45, 7) is 19.7. The molecule has 3 aliphatic carbocycles. The molecule has 0 spiro atoms. The molecule has 0 heteroatoms. The van der Waals surface area contributed by atoms with Crippen LogP contribution in [0.1, 0.15) is 80.1 Å². The van der Waals surface area contributed by atoms with E-state index >= 15 is 0 Å². The Bertz CT molecular complexity index is 510. The van der Waals surface area contributed by atoms with Gasteiger partial charge in [-0.25, -0.2) is 0 Å². The molecule has 0 N–H and O–H groups in total. The van der Waals surface area contributed by atoms with Gasteiger partial charge in [0.25, 0.3) is 0 Å². The van der Waals surface area contributed by atoms with Crippen LogP contribution in [0.5, 0.6) is 0 Å². The van der Waals surface area contributed by atoms with E-state index in [0.717, 1.165) is 35.5 Å². The van der Waals surface area contributed by atoms with Crippen LogP contribution in [0.4, 0.5) is 0 Å². The summed E-state index contributed by atoms with van der Waals surface area (Å²) >= 11 is 0. The lowest BCUT2D eigenvalue weighted by Crippen LogP contribution is -2.44. The van der Waals surface area contributed by atoms with E-state index in [1.807, 2.05) is 5.57 Å². The Morgan fingerprint density at radius 3 is 2.43 bits per heavy atom. The maximum Gasteiger partial charge on any atom is -0.00783 e. The Morgan fingerprint density at radius 2 is 1.74 bits per heavy atom. The van der Waals surface area contributed by atoms with E-state index < -0.39 is 0 Å². The van der Waals surface area contributed by atoms with Crippen molar-refractivity contribution in [3.63, 3.8) is 0 Å². The summed E-state index contributed by atoms with van der Waals surface area (Å²) in [4.78, 5) is 0. The van der Waals surface area contributed by atoms with Gasteiger partial charge >= 0.3 is 0 Å². The van der Waals surface area contributed by atoms with Crippen LogP contribution in [0.3, 0.4) is 0 Å². The van der Waals surface area contributed by atoms with Crippen molar-refractivity contribution in [2.24, 2.45) is 40.9 Å². The Kier molecular flexibility index (Phi) is 4.58. The molecule has 7 atom stereocenters. The van der Waals surface area contributed by atoms with Crippen molar-refractivity contribution in [2.75, 3.05) is 0 Å². The summed E-state index contributed by atoms with van der Waals surface area (Å²) in [6.07, 6.45) is 8.11. The molecule has 0 radical (unpaired) electrons. The minimum Gasteiger partial charge on any atom is -0.0996 e. The molecular formula is C23H38. The lowest BCUT2D eigenvalue weighted by atomic mass is 9.54. The first-order valence-electron chi connectivity index (χ1n) is 10.2. The molecule has 130 valence electrons. The predicted octanol–water partition coefficient (Wildman–Crippen LogP) is 7.02. The number of hydrogen-bond donors (Lipinski definition) is 0. The van der Waals surface area contributed by atoms with E-state index in [1.54, 1.807) is 11.1 Å². The van der Waals surface area contributed by atoms with Crippen molar-refractivity contribution in [3.8, 4) is 0 Å². The molecule has 0 aromatic carbocycles. The highest BCUT2D eigenvalue weighted by atomic mass is 14.6. The normalized spacial score (nSPS) is 48.3. The largest absolute Gasteiger partial charge is 0.0996 e. The Hall–Kier alpha value is -0.520. The van der Waals surface area contributed by atoms with Gasteiger partial charge in [0.15, 0.2) is 0 Å². The maximum atomic E-state index is 4.59. The van der Waals surface area contributed by atoms with Gasteiger partial charge in [-0.05, 0) is 80.0 Å². The van der Waals surface area contributed by atoms with Crippen LogP contribution in [0, 0.1) is 40.9 Å². The minimum absolute atomic E-state index is 0.472. The van der Waals surface area contributed by atoms with Gasteiger partial charge in [0, 0.05) is 0 Å². The van der Waals surface area contributed by atoms with E-state index in [9.17, 15) is 0 Å². The quantitative estimate of drug-likeness (QED) is 0.421. The molecule has 3 aliphatic rings. The average Bonchev–Trinajstić information content (AvgIpc) is 2.77. The van der Waals surface area contributed by atoms with Crippen LogP contribution in [0.15, 0.2) is 23.3 Å². The summed E-state index contributed by atoms with van der Waals surface area (Å²) in [5.41, 5.74) is 5.63. The van der Waals surface area contributed by atoms with Crippen LogP contribution in [0.25, 0.3) is 0 Å². The number of hydrogen-bond acceptors (Lipinski definition) is 0. The van der Waals surface area contributed by atoms with Crippen LogP contribution in [-0.2, 0) is 0 Å². The molecule has 0 saturated heterocycles. The van der Waals surface area contributed by atoms with Crippen molar-refractivity contribution >= 4 is 0 Å². The smallest absolute Gasteiger partial charge is 0.00783 e. The third-order valence-electron chi connectivity index (χ3n) is 8.62. The van der Waals surface area contributed by atoms with Gasteiger partial charge in [0.05, 0.1) is 0 Å². The van der Waals surface area contributed by atoms with E-state index in [2.05, 4.69) is 48.1 Å². The highest BCUT2D eigenvalue weighted by Crippen LogP contribution is 2.65. The zero-order chi connectivity index (χ0) is 16.9. The Balaban J connectivity index is 2.09. The van der Waals surface area contributed by atoms with Gasteiger partial charge in [0.2, 0.25) is 0 Å². The molecule has 4 unspecified atom stereocenters. The van der Waals surface area contributed by atoms with Crippen LogP contribution in [0.2, 0.25) is 0 Å². The molecule has 0 aliphatic heterocycles. The van der Waals surface area contributed by atoms with E-state index in [0.29, 0.717) is 5.41 Å². The Morgan fingerprint density at radius 1 is 1.04 bits per heavy atom. The first-order chi connectivity index (χ1) is 10.8. The van der Waals surface area contributed by atoms with Gasteiger partial charge < -0.3 is 0 Å². The van der Waals surface area contributed by atoms with Crippen LogP contribution < -0.4 is 0 Å². The first kappa shape index (κ1) is 17.3. The summed E-state index contributed by atoms with van der Waals surface area (Å²) in [5.74, 6) is 4.77. The summed E-state index contributed by atoms with van der Waals surface area (Å²) < 4.78 is 0. The number of rotatable bonds is 0. The second-order valence-electron chi connectivity index (χ2n) is 9.57. The van der Waals surface area contributed by atoms with Crippen molar-refractivity contribution in [1.29, 1.82) is 0 Å². The molecule has 0 aromatic heterocycles. The molecule has 3 rings (SSSR count). The highest BCUT2D eigenvalue weighted by Gasteiger charge is 2.57. The molecule has 23 heavy (non-hydrogen) atoms. The zero-order valence-corrected chi connectivity index (χ0v) is 16.4. The van der Waals surface area contributed by atoms with Crippen molar-refractivity contribution in [2.45, 2.75) is 80.1 Å². The van der Waals surface area contributed by atoms with Gasteiger partial charge in [-0.2, -0.15) is 0 Å². The monoisotopic (exact) mass is 314 g/mol. The fraction of sp³-hybridized carbons (Fsp3) is 0.826. The number of allylic oxidation sites excluding steroid dienone is 3. The molecular weight excluding hydrogens is 276 g/mol. The lowest BCUT2D eigenvalue weighted by Gasteiger charge is -2.51. The van der Waals surface area contributed by atoms with Gasteiger partial charge in [-0.3, -0.25) is 0 Å². The standard InChI is InChI=1S/C23H38/c1-14-9-8-10-15(2)21-13-16(3)23(7)19(6)17(4)20(12-11-14)18(5)22(21)23/h14,16-17,19,21-22H,2,8-13H2,1,3-7H3/t14?,16?,17?,19?,21-,22+,23+/m0/s1. The topological polar surface area (TPSA) is 0 Å². The molecule has 0 nitrogen and oxygen atoms in total. The van der Waals surface area contributed by atoms with Crippen molar-refractivity contribution in [3.05, 3.63) is 23.3 Å². The molecule has 0 aromatic rings. The third kappa shape index (κ3) is 2.56. The van der Waals surface area contributed by atoms with Crippen molar-refractivity contribution < 1.29 is 0 Å². The van der Waals surface area contributed by atoms with Crippen LogP contribution in [-0.4, -0.2) is 0 Å². The van der Waals surface area contributed by atoms with Crippen molar-refractivity contribution in [1.82, 2.24) is 0 Å². The molecule has 1 saturated carbocycles. The minimum atomic E-state index is 0.472. The molecule has 2 bridgehead atoms. The van der Waals surface area contributed by atoms with E-state index in [4.69, 9.17) is 0 Å². The zero-order valence-electron chi connectivity index (χ0n) is 16.4. The Labute approximate surface area is 144 Å². The van der Waals surface area contributed by atoms with Gasteiger partial charge in [0.1, 0.15) is 0 Å². The average molecular weight is 315 g/mol. The fourth-order valence-corrected chi connectivity index (χ4v) is 6.65. The fourth-order valence-electron chi connectivity index (χ4n) is 6.65. The second kappa shape index (κ2) is 6.08. The summed E-state index contributed by atoms with van der Waals surface area (Å²) in [7, 11) is 0. The lowest BCUT2D eigenvalue weighted by molar-refractivity contribution is 0.0539. The van der Waals surface area contributed by atoms with Gasteiger partial charge in [-0.15, -0.1) is 0 Å². The predicted molar refractivity (Wildman–Crippen MR) is 101 cm³/mol. The SMILES string of the molecule is C=C1CCCC(C)CCC2=C(C)[C@@H]3[C@H]1CC(C)[C@]3(C)C(C)C2C. The summed E-state index contributed by atoms with van der Waals surface area (Å²) in [6, 6.07) is 0. The van der Waals surface area contributed by atoms with E-state index in [-0.39, 0.29) is 0 Å². The molecule has 1 fully saturated rings. The third-order valence-corrected chi connectivity index (χ3v) is 8.62. The molecule has 0 heterocycles. The first-order valence-corrected chi connectivity index (χ1v) is 10.2. The van der Waals surface area contributed by atoms with Crippen LogP contribution >= 0.6 is 0 Å².